The minimum Gasteiger partial charge on any atom is -0.317 e. The van der Waals surface area contributed by atoms with Crippen LogP contribution < -0.4 is 5.32 Å². The number of hydrogen-bond donors (Lipinski definition) is 1. The highest BCUT2D eigenvalue weighted by molar-refractivity contribution is 4.99. The zero-order valence-corrected chi connectivity index (χ0v) is 10.6. The number of rotatable bonds is 3. The van der Waals surface area contributed by atoms with Crippen LogP contribution in [-0.4, -0.2) is 36.6 Å². The predicted octanol–water partition coefficient (Wildman–Crippen LogP) is 2.25. The van der Waals surface area contributed by atoms with Crippen LogP contribution in [-0.2, 0) is 0 Å². The van der Waals surface area contributed by atoms with E-state index in [4.69, 9.17) is 0 Å². The van der Waals surface area contributed by atoms with Crippen molar-refractivity contribution in [3.8, 4) is 0 Å². The third kappa shape index (κ3) is 1.94. The van der Waals surface area contributed by atoms with Gasteiger partial charge in [-0.15, -0.1) is 0 Å². The summed E-state index contributed by atoms with van der Waals surface area (Å²) in [7, 11) is 2.11. The molecule has 1 aliphatic heterocycles. The zero-order chi connectivity index (χ0) is 10.9. The predicted molar refractivity (Wildman–Crippen MR) is 65.1 cm³/mol. The Kier molecular flexibility index (Phi) is 3.36. The van der Waals surface area contributed by atoms with Gasteiger partial charge < -0.3 is 5.32 Å². The smallest absolute Gasteiger partial charge is 0.0207 e. The fourth-order valence-corrected chi connectivity index (χ4v) is 3.48. The van der Waals surface area contributed by atoms with E-state index in [1.807, 2.05) is 0 Å². The monoisotopic (exact) mass is 210 g/mol. The van der Waals surface area contributed by atoms with Gasteiger partial charge in [-0.25, -0.2) is 0 Å². The molecule has 1 saturated carbocycles. The van der Waals surface area contributed by atoms with Gasteiger partial charge >= 0.3 is 0 Å². The first kappa shape index (κ1) is 11.4. The molecular weight excluding hydrogens is 184 g/mol. The summed E-state index contributed by atoms with van der Waals surface area (Å²) in [4.78, 5) is 2.79. The molecule has 0 radical (unpaired) electrons. The van der Waals surface area contributed by atoms with Crippen molar-refractivity contribution in [2.24, 2.45) is 5.92 Å². The van der Waals surface area contributed by atoms with Crippen molar-refractivity contribution in [1.29, 1.82) is 0 Å². The van der Waals surface area contributed by atoms with E-state index in [0.717, 1.165) is 12.0 Å². The summed E-state index contributed by atoms with van der Waals surface area (Å²) in [5.74, 6) is 0.813. The van der Waals surface area contributed by atoms with Crippen LogP contribution in [0, 0.1) is 5.92 Å². The number of nitrogens with zero attached hydrogens (tertiary/aromatic N) is 1. The number of piperidine rings is 1. The Hall–Kier alpha value is -0.0800. The number of hydrogen-bond acceptors (Lipinski definition) is 2. The molecule has 0 spiro atoms. The van der Waals surface area contributed by atoms with Gasteiger partial charge in [-0.1, -0.05) is 13.8 Å². The van der Waals surface area contributed by atoms with Crippen LogP contribution in [0.4, 0.5) is 0 Å². The van der Waals surface area contributed by atoms with Gasteiger partial charge in [-0.2, -0.15) is 0 Å². The van der Waals surface area contributed by atoms with Crippen molar-refractivity contribution in [1.82, 2.24) is 10.2 Å². The summed E-state index contributed by atoms with van der Waals surface area (Å²) in [5.41, 5.74) is 0.604. The third-order valence-corrected chi connectivity index (χ3v) is 4.89. The molecule has 0 bridgehead atoms. The fraction of sp³-hybridized carbons (Fsp3) is 1.00. The lowest BCUT2D eigenvalue weighted by Crippen LogP contribution is -2.59. The maximum Gasteiger partial charge on any atom is 0.0207 e. The molecule has 1 N–H and O–H groups in total. The Morgan fingerprint density at radius 1 is 1.40 bits per heavy atom. The van der Waals surface area contributed by atoms with Gasteiger partial charge in [0.2, 0.25) is 0 Å². The average Bonchev–Trinajstić information content (AvgIpc) is 2.17. The Morgan fingerprint density at radius 2 is 2.13 bits per heavy atom. The van der Waals surface area contributed by atoms with Crippen molar-refractivity contribution in [3.05, 3.63) is 0 Å². The lowest BCUT2D eigenvalue weighted by molar-refractivity contribution is -0.0221. The Morgan fingerprint density at radius 3 is 2.53 bits per heavy atom. The molecule has 1 saturated heterocycles. The van der Waals surface area contributed by atoms with E-state index >= 15 is 0 Å². The highest BCUT2D eigenvalue weighted by atomic mass is 15.2. The summed E-state index contributed by atoms with van der Waals surface area (Å²) >= 11 is 0. The molecule has 2 atom stereocenters. The molecule has 2 fully saturated rings. The molecule has 0 aromatic rings. The van der Waals surface area contributed by atoms with E-state index in [2.05, 4.69) is 31.1 Å². The lowest BCUT2D eigenvalue weighted by atomic mass is 9.72. The minimum atomic E-state index is 0.604. The van der Waals surface area contributed by atoms with Crippen molar-refractivity contribution >= 4 is 0 Å². The highest BCUT2D eigenvalue weighted by Crippen LogP contribution is 2.42. The second kappa shape index (κ2) is 4.42. The summed E-state index contributed by atoms with van der Waals surface area (Å²) in [6.07, 6.45) is 7.03. The molecule has 2 nitrogen and oxygen atoms in total. The van der Waals surface area contributed by atoms with Crippen molar-refractivity contribution < 1.29 is 0 Å². The highest BCUT2D eigenvalue weighted by Gasteiger charge is 2.43. The van der Waals surface area contributed by atoms with Gasteiger partial charge in [-0.05, 0) is 45.1 Å². The first-order valence-electron chi connectivity index (χ1n) is 6.64. The van der Waals surface area contributed by atoms with Crippen LogP contribution in [0.3, 0.4) is 0 Å². The van der Waals surface area contributed by atoms with E-state index in [1.165, 1.54) is 45.2 Å². The van der Waals surface area contributed by atoms with E-state index in [1.54, 1.807) is 0 Å². The molecule has 88 valence electrons. The number of nitrogens with one attached hydrogen (secondary N) is 1. The molecule has 1 heterocycles. The number of likely N-dealkylation sites (tertiary alicyclic amines) is 1. The zero-order valence-electron chi connectivity index (χ0n) is 10.6. The molecule has 2 heteroatoms. The maximum absolute atomic E-state index is 3.45. The molecule has 2 rings (SSSR count). The SMILES string of the molecule is CCC1(N2CCC(NC)C(C)C2)CCC1. The van der Waals surface area contributed by atoms with Crippen LogP contribution in [0.2, 0.25) is 0 Å². The fourth-order valence-electron chi connectivity index (χ4n) is 3.48. The second-order valence-electron chi connectivity index (χ2n) is 5.54. The molecular formula is C13H26N2. The van der Waals surface area contributed by atoms with Gasteiger partial charge in [-0.3, -0.25) is 4.90 Å². The van der Waals surface area contributed by atoms with E-state index < -0.39 is 0 Å². The largest absolute Gasteiger partial charge is 0.317 e. The molecule has 0 aromatic heterocycles. The summed E-state index contributed by atoms with van der Waals surface area (Å²) in [6.45, 7) is 7.38. The van der Waals surface area contributed by atoms with E-state index in [-0.39, 0.29) is 0 Å². The van der Waals surface area contributed by atoms with Gasteiger partial charge in [0.1, 0.15) is 0 Å². The first-order valence-corrected chi connectivity index (χ1v) is 6.64. The standard InChI is InChI=1S/C13H26N2/c1-4-13(7-5-8-13)15-9-6-12(14-3)11(2)10-15/h11-12,14H,4-10H2,1-3H3. The Balaban J connectivity index is 1.95. The molecule has 0 aromatic carbocycles. The molecule has 2 aliphatic rings. The molecule has 1 aliphatic carbocycles. The normalized spacial score (nSPS) is 36.2. The topological polar surface area (TPSA) is 15.3 Å². The van der Waals surface area contributed by atoms with Gasteiger partial charge in [0, 0.05) is 24.7 Å². The van der Waals surface area contributed by atoms with Gasteiger partial charge in [0.05, 0.1) is 0 Å². The summed E-state index contributed by atoms with van der Waals surface area (Å²) in [6, 6.07) is 0.746. The van der Waals surface area contributed by atoms with E-state index in [0.29, 0.717) is 5.54 Å². The molecule has 15 heavy (non-hydrogen) atoms. The van der Waals surface area contributed by atoms with Crippen molar-refractivity contribution in [2.75, 3.05) is 20.1 Å². The van der Waals surface area contributed by atoms with Gasteiger partial charge in [0.25, 0.3) is 0 Å². The minimum absolute atomic E-state index is 0.604. The van der Waals surface area contributed by atoms with Crippen molar-refractivity contribution in [2.45, 2.75) is 57.5 Å². The average molecular weight is 210 g/mol. The maximum atomic E-state index is 3.45. The Labute approximate surface area is 94.4 Å². The quantitative estimate of drug-likeness (QED) is 0.768. The van der Waals surface area contributed by atoms with Crippen LogP contribution >= 0.6 is 0 Å². The third-order valence-electron chi connectivity index (χ3n) is 4.89. The molecule has 0 amide bonds. The van der Waals surface area contributed by atoms with E-state index in [9.17, 15) is 0 Å². The van der Waals surface area contributed by atoms with Crippen LogP contribution in [0.25, 0.3) is 0 Å². The van der Waals surface area contributed by atoms with Crippen LogP contribution in [0.5, 0.6) is 0 Å². The summed E-state index contributed by atoms with van der Waals surface area (Å²) in [5, 5.41) is 3.45. The van der Waals surface area contributed by atoms with Gasteiger partial charge in [0.15, 0.2) is 0 Å². The second-order valence-corrected chi connectivity index (χ2v) is 5.54. The van der Waals surface area contributed by atoms with Crippen LogP contribution in [0.1, 0.15) is 46.0 Å². The molecule has 2 unspecified atom stereocenters. The first-order chi connectivity index (χ1) is 7.22. The summed E-state index contributed by atoms with van der Waals surface area (Å²) < 4.78 is 0. The lowest BCUT2D eigenvalue weighted by Gasteiger charge is -2.54. The Bertz CT molecular complexity index is 205. The van der Waals surface area contributed by atoms with Crippen LogP contribution in [0.15, 0.2) is 0 Å². The van der Waals surface area contributed by atoms with Crippen molar-refractivity contribution in [3.63, 3.8) is 0 Å².